The van der Waals surface area contributed by atoms with Gasteiger partial charge in [0, 0.05) is 38.6 Å². The van der Waals surface area contributed by atoms with Gasteiger partial charge in [-0.1, -0.05) is 13.8 Å². The highest BCUT2D eigenvalue weighted by molar-refractivity contribution is 5.82. The Bertz CT molecular complexity index is 232. The molecule has 0 aliphatic carbocycles. The van der Waals surface area contributed by atoms with Gasteiger partial charge in [0.1, 0.15) is 0 Å². The molecule has 2 aliphatic rings. The lowest BCUT2D eigenvalue weighted by Gasteiger charge is -2.43. The van der Waals surface area contributed by atoms with Crippen molar-refractivity contribution in [2.75, 3.05) is 26.2 Å². The summed E-state index contributed by atoms with van der Waals surface area (Å²) in [6, 6.07) is 0.551. The minimum absolute atomic E-state index is 0.373. The summed E-state index contributed by atoms with van der Waals surface area (Å²) in [6.07, 6.45) is 3.14. The standard InChI is InChI=1S/C12H22N2O/c1-10(2)9-13-6-3-11(4-7-13)14-8-5-12(14)15/h10-11H,3-9H2,1-2H3. The number of carbonyl (C=O) groups is 1. The van der Waals surface area contributed by atoms with Crippen LogP contribution in [0, 0.1) is 5.92 Å². The molecule has 0 bridgehead atoms. The van der Waals surface area contributed by atoms with Crippen LogP contribution >= 0.6 is 0 Å². The van der Waals surface area contributed by atoms with Crippen molar-refractivity contribution in [1.82, 2.24) is 9.80 Å². The molecule has 3 heteroatoms. The fourth-order valence-corrected chi connectivity index (χ4v) is 2.65. The third kappa shape index (κ3) is 2.51. The van der Waals surface area contributed by atoms with Crippen molar-refractivity contribution < 1.29 is 4.79 Å². The molecule has 2 saturated heterocycles. The van der Waals surface area contributed by atoms with E-state index >= 15 is 0 Å². The monoisotopic (exact) mass is 210 g/mol. The van der Waals surface area contributed by atoms with Crippen LogP contribution in [0.5, 0.6) is 0 Å². The summed E-state index contributed by atoms with van der Waals surface area (Å²) in [5.74, 6) is 1.13. The molecule has 0 aromatic carbocycles. The molecule has 2 heterocycles. The molecular weight excluding hydrogens is 188 g/mol. The third-order valence-electron chi connectivity index (χ3n) is 3.51. The molecular formula is C12H22N2O. The zero-order chi connectivity index (χ0) is 10.8. The van der Waals surface area contributed by atoms with E-state index in [0.717, 1.165) is 18.9 Å². The van der Waals surface area contributed by atoms with Crippen molar-refractivity contribution >= 4 is 5.91 Å². The maximum atomic E-state index is 11.3. The molecule has 0 atom stereocenters. The largest absolute Gasteiger partial charge is 0.339 e. The number of β-lactam (4-membered cyclic amide) rings is 1. The van der Waals surface area contributed by atoms with Gasteiger partial charge < -0.3 is 9.80 Å². The van der Waals surface area contributed by atoms with Crippen molar-refractivity contribution in [2.45, 2.75) is 39.2 Å². The Labute approximate surface area is 92.4 Å². The number of rotatable bonds is 3. The quantitative estimate of drug-likeness (QED) is 0.656. The lowest BCUT2D eigenvalue weighted by atomic mass is 9.98. The predicted octanol–water partition coefficient (Wildman–Crippen LogP) is 1.34. The molecule has 0 spiro atoms. The lowest BCUT2D eigenvalue weighted by Crippen LogP contribution is -2.53. The maximum Gasteiger partial charge on any atom is 0.224 e. The molecule has 2 rings (SSSR count). The van der Waals surface area contributed by atoms with Crippen molar-refractivity contribution in [3.05, 3.63) is 0 Å². The first-order chi connectivity index (χ1) is 7.16. The summed E-state index contributed by atoms with van der Waals surface area (Å²) < 4.78 is 0. The number of carbonyl (C=O) groups excluding carboxylic acids is 1. The van der Waals surface area contributed by atoms with E-state index in [9.17, 15) is 4.79 Å². The number of hydrogen-bond acceptors (Lipinski definition) is 2. The van der Waals surface area contributed by atoms with E-state index in [1.807, 2.05) is 0 Å². The molecule has 15 heavy (non-hydrogen) atoms. The van der Waals surface area contributed by atoms with Gasteiger partial charge in [-0.05, 0) is 18.8 Å². The number of likely N-dealkylation sites (tertiary alicyclic amines) is 2. The Kier molecular flexibility index (Phi) is 3.29. The molecule has 0 radical (unpaired) electrons. The van der Waals surface area contributed by atoms with Crippen LogP contribution in [0.4, 0.5) is 0 Å². The molecule has 0 unspecified atom stereocenters. The highest BCUT2D eigenvalue weighted by Gasteiger charge is 2.32. The van der Waals surface area contributed by atoms with Crippen molar-refractivity contribution in [3.63, 3.8) is 0 Å². The fourth-order valence-electron chi connectivity index (χ4n) is 2.65. The summed E-state index contributed by atoms with van der Waals surface area (Å²) in [6.45, 7) is 9.10. The van der Waals surface area contributed by atoms with Gasteiger partial charge in [0.2, 0.25) is 5.91 Å². The molecule has 2 fully saturated rings. The summed E-state index contributed by atoms with van der Waals surface area (Å²) in [4.78, 5) is 15.9. The Morgan fingerprint density at radius 3 is 2.33 bits per heavy atom. The van der Waals surface area contributed by atoms with E-state index < -0.39 is 0 Å². The van der Waals surface area contributed by atoms with Crippen LogP contribution in [0.1, 0.15) is 33.1 Å². The Hall–Kier alpha value is -0.570. The second-order valence-corrected chi connectivity index (χ2v) is 5.26. The van der Waals surface area contributed by atoms with Gasteiger partial charge >= 0.3 is 0 Å². The summed E-state index contributed by atoms with van der Waals surface area (Å²) in [7, 11) is 0. The van der Waals surface area contributed by atoms with Gasteiger partial charge in [0.25, 0.3) is 0 Å². The van der Waals surface area contributed by atoms with Crippen LogP contribution in [0.3, 0.4) is 0 Å². The summed E-state index contributed by atoms with van der Waals surface area (Å²) in [5, 5.41) is 0. The van der Waals surface area contributed by atoms with E-state index in [1.165, 1.54) is 32.5 Å². The van der Waals surface area contributed by atoms with Crippen LogP contribution < -0.4 is 0 Å². The van der Waals surface area contributed by atoms with E-state index in [2.05, 4.69) is 23.6 Å². The zero-order valence-electron chi connectivity index (χ0n) is 9.91. The minimum atomic E-state index is 0.373. The van der Waals surface area contributed by atoms with E-state index in [4.69, 9.17) is 0 Å². The lowest BCUT2D eigenvalue weighted by molar-refractivity contribution is -0.144. The molecule has 0 aromatic rings. The molecule has 0 aromatic heterocycles. The zero-order valence-corrected chi connectivity index (χ0v) is 9.91. The molecule has 1 amide bonds. The Morgan fingerprint density at radius 2 is 1.93 bits per heavy atom. The van der Waals surface area contributed by atoms with Gasteiger partial charge in [0.05, 0.1) is 0 Å². The Balaban J connectivity index is 1.74. The first-order valence-electron chi connectivity index (χ1n) is 6.18. The fraction of sp³-hybridized carbons (Fsp3) is 0.917. The second kappa shape index (κ2) is 4.52. The number of hydrogen-bond donors (Lipinski definition) is 0. The van der Waals surface area contributed by atoms with Gasteiger partial charge in [-0.3, -0.25) is 4.79 Å². The topological polar surface area (TPSA) is 23.6 Å². The first kappa shape index (κ1) is 10.9. The molecule has 0 saturated carbocycles. The number of amides is 1. The number of nitrogens with zero attached hydrogens (tertiary/aromatic N) is 2. The number of piperidine rings is 1. The molecule has 0 N–H and O–H groups in total. The highest BCUT2D eigenvalue weighted by Crippen LogP contribution is 2.22. The molecule has 86 valence electrons. The van der Waals surface area contributed by atoms with Crippen LogP contribution in [0.2, 0.25) is 0 Å². The maximum absolute atomic E-state index is 11.3. The second-order valence-electron chi connectivity index (χ2n) is 5.26. The minimum Gasteiger partial charge on any atom is -0.339 e. The van der Waals surface area contributed by atoms with Gasteiger partial charge in [-0.25, -0.2) is 0 Å². The van der Waals surface area contributed by atoms with E-state index in [1.54, 1.807) is 0 Å². The Morgan fingerprint density at radius 1 is 1.27 bits per heavy atom. The van der Waals surface area contributed by atoms with Crippen LogP contribution in [0.25, 0.3) is 0 Å². The van der Waals surface area contributed by atoms with Crippen LogP contribution in [-0.4, -0.2) is 47.9 Å². The summed E-state index contributed by atoms with van der Waals surface area (Å²) in [5.41, 5.74) is 0. The van der Waals surface area contributed by atoms with Gasteiger partial charge in [-0.15, -0.1) is 0 Å². The van der Waals surface area contributed by atoms with Crippen molar-refractivity contribution in [3.8, 4) is 0 Å². The SMILES string of the molecule is CC(C)CN1CCC(N2CCC2=O)CC1. The van der Waals surface area contributed by atoms with Gasteiger partial charge in [-0.2, -0.15) is 0 Å². The van der Waals surface area contributed by atoms with E-state index in [-0.39, 0.29) is 0 Å². The van der Waals surface area contributed by atoms with Crippen molar-refractivity contribution in [2.24, 2.45) is 5.92 Å². The first-order valence-corrected chi connectivity index (χ1v) is 6.18. The average molecular weight is 210 g/mol. The normalized spacial score (nSPS) is 24.7. The van der Waals surface area contributed by atoms with Crippen LogP contribution in [-0.2, 0) is 4.79 Å². The van der Waals surface area contributed by atoms with Gasteiger partial charge in [0.15, 0.2) is 0 Å². The third-order valence-corrected chi connectivity index (χ3v) is 3.51. The van der Waals surface area contributed by atoms with Crippen LogP contribution in [0.15, 0.2) is 0 Å². The smallest absolute Gasteiger partial charge is 0.224 e. The average Bonchev–Trinajstić information content (AvgIpc) is 2.18. The van der Waals surface area contributed by atoms with E-state index in [0.29, 0.717) is 11.9 Å². The van der Waals surface area contributed by atoms with Crippen molar-refractivity contribution in [1.29, 1.82) is 0 Å². The molecule has 2 aliphatic heterocycles. The predicted molar refractivity (Wildman–Crippen MR) is 60.6 cm³/mol. The molecule has 3 nitrogen and oxygen atoms in total. The summed E-state index contributed by atoms with van der Waals surface area (Å²) >= 11 is 0. The highest BCUT2D eigenvalue weighted by atomic mass is 16.2.